The lowest BCUT2D eigenvalue weighted by molar-refractivity contribution is -0.145. The van der Waals surface area contributed by atoms with Gasteiger partial charge < -0.3 is 30.4 Å². The fraction of sp³-hybridized carbons (Fsp3) is 0.278. The predicted octanol–water partition coefficient (Wildman–Crippen LogP) is 1.33. The Balaban J connectivity index is 2.03. The van der Waals surface area contributed by atoms with Crippen molar-refractivity contribution in [3.8, 4) is 17.1 Å². The molecule has 0 aliphatic carbocycles. The number of benzene rings is 1. The van der Waals surface area contributed by atoms with Crippen molar-refractivity contribution in [2.75, 3.05) is 13.2 Å². The van der Waals surface area contributed by atoms with E-state index >= 15 is 0 Å². The summed E-state index contributed by atoms with van der Waals surface area (Å²) in [5.74, 6) is -2.63. The van der Waals surface area contributed by atoms with Crippen LogP contribution in [0.4, 0.5) is 0 Å². The van der Waals surface area contributed by atoms with E-state index in [1.165, 1.54) is 6.07 Å². The van der Waals surface area contributed by atoms with E-state index in [0.717, 1.165) is 6.42 Å². The lowest BCUT2D eigenvalue weighted by atomic mass is 10.2. The van der Waals surface area contributed by atoms with Gasteiger partial charge in [0.2, 0.25) is 0 Å². The number of ether oxygens (including phenoxy) is 1. The Morgan fingerprint density at radius 2 is 1.81 bits per heavy atom. The quantitative estimate of drug-likeness (QED) is 0.453. The minimum absolute atomic E-state index is 0.120. The molecule has 1 heterocycles. The van der Waals surface area contributed by atoms with Crippen LogP contribution in [0.25, 0.3) is 11.3 Å². The lowest BCUT2D eigenvalue weighted by Gasteiger charge is -2.10. The molecule has 0 saturated heterocycles. The largest absolute Gasteiger partial charge is 0.494 e. The Morgan fingerprint density at radius 3 is 2.41 bits per heavy atom. The third-order valence-corrected chi connectivity index (χ3v) is 3.57. The highest BCUT2D eigenvalue weighted by molar-refractivity contribution is 5.95. The topological polar surface area (TPSA) is 152 Å². The summed E-state index contributed by atoms with van der Waals surface area (Å²) in [7, 11) is 0. The molecule has 5 N–H and O–H groups in total. The number of carbonyl (C=O) groups is 3. The molecule has 0 spiro atoms. The third-order valence-electron chi connectivity index (χ3n) is 3.57. The number of amides is 1. The van der Waals surface area contributed by atoms with Gasteiger partial charge in [-0.05, 0) is 49.4 Å². The Morgan fingerprint density at radius 1 is 1.11 bits per heavy atom. The summed E-state index contributed by atoms with van der Waals surface area (Å²) in [5.41, 5.74) is 6.10. The monoisotopic (exact) mass is 376 g/mol. The van der Waals surface area contributed by atoms with Crippen LogP contribution in [0.3, 0.4) is 0 Å². The number of carboxylic acid groups (broad SMARTS) is 2. The van der Waals surface area contributed by atoms with Gasteiger partial charge in [-0.1, -0.05) is 0 Å². The van der Waals surface area contributed by atoms with Gasteiger partial charge in [-0.15, -0.1) is 0 Å². The molecule has 0 saturated carbocycles. The van der Waals surface area contributed by atoms with E-state index in [2.05, 4.69) is 5.32 Å². The van der Waals surface area contributed by atoms with Crippen molar-refractivity contribution < 1.29 is 33.8 Å². The zero-order chi connectivity index (χ0) is 19.8. The summed E-state index contributed by atoms with van der Waals surface area (Å²) in [6.45, 7) is 1.06. The zero-order valence-electron chi connectivity index (χ0n) is 14.4. The number of carboxylic acids is 2. The van der Waals surface area contributed by atoms with Gasteiger partial charge in [0.05, 0.1) is 13.0 Å². The van der Waals surface area contributed by atoms with E-state index in [-0.39, 0.29) is 5.76 Å². The van der Waals surface area contributed by atoms with Gasteiger partial charge in [0, 0.05) is 5.56 Å². The standard InChI is InChI=1S/C18H20N2O7/c19-8-1-9-26-12-4-2-11(3-5-12)14-6-7-15(27-14)17(23)20-13(18(24)25)10-16(21)22/h2-7,13H,1,8-10,19H2,(H,20,23)(H,21,22)(H,24,25)/t13-/m0/s1. The Hall–Kier alpha value is -3.33. The number of furan rings is 1. The first-order chi connectivity index (χ1) is 12.9. The zero-order valence-corrected chi connectivity index (χ0v) is 14.4. The van der Waals surface area contributed by atoms with Crippen LogP contribution >= 0.6 is 0 Å². The van der Waals surface area contributed by atoms with E-state index in [0.29, 0.717) is 30.2 Å². The molecule has 1 atom stereocenters. The normalized spacial score (nSPS) is 11.6. The van der Waals surface area contributed by atoms with Crippen molar-refractivity contribution in [1.29, 1.82) is 0 Å². The SMILES string of the molecule is NCCCOc1ccc(-c2ccc(C(=O)N[C@@H](CC(=O)O)C(=O)O)o2)cc1. The number of nitrogens with two attached hydrogens (primary N) is 1. The highest BCUT2D eigenvalue weighted by Gasteiger charge is 2.25. The van der Waals surface area contributed by atoms with Crippen LogP contribution in [-0.4, -0.2) is 47.3 Å². The second kappa shape index (κ2) is 9.39. The van der Waals surface area contributed by atoms with Crippen molar-refractivity contribution >= 4 is 17.8 Å². The van der Waals surface area contributed by atoms with Crippen molar-refractivity contribution in [3.05, 3.63) is 42.2 Å². The number of aliphatic carboxylic acids is 2. The van der Waals surface area contributed by atoms with E-state index < -0.39 is 30.3 Å². The first-order valence-electron chi connectivity index (χ1n) is 8.19. The maximum absolute atomic E-state index is 12.1. The van der Waals surface area contributed by atoms with Crippen LogP contribution in [0.1, 0.15) is 23.4 Å². The van der Waals surface area contributed by atoms with Crippen molar-refractivity contribution in [2.24, 2.45) is 5.73 Å². The fourth-order valence-electron chi connectivity index (χ4n) is 2.21. The molecular weight excluding hydrogens is 356 g/mol. The first kappa shape index (κ1) is 20.0. The van der Waals surface area contributed by atoms with Gasteiger partial charge in [-0.2, -0.15) is 0 Å². The number of rotatable bonds is 10. The molecule has 1 aromatic carbocycles. The van der Waals surface area contributed by atoms with Crippen LogP contribution < -0.4 is 15.8 Å². The third kappa shape index (κ3) is 5.86. The average Bonchev–Trinajstić information content (AvgIpc) is 3.12. The van der Waals surface area contributed by atoms with E-state index in [1.807, 2.05) is 0 Å². The van der Waals surface area contributed by atoms with Crippen LogP contribution in [0, 0.1) is 0 Å². The van der Waals surface area contributed by atoms with E-state index in [9.17, 15) is 14.4 Å². The van der Waals surface area contributed by atoms with Crippen LogP contribution in [0.2, 0.25) is 0 Å². The van der Waals surface area contributed by atoms with Crippen LogP contribution in [-0.2, 0) is 9.59 Å². The minimum atomic E-state index is -1.55. The lowest BCUT2D eigenvalue weighted by Crippen LogP contribution is -2.42. The predicted molar refractivity (Wildman–Crippen MR) is 94.5 cm³/mol. The van der Waals surface area contributed by atoms with Gasteiger partial charge >= 0.3 is 11.9 Å². The second-order valence-electron chi connectivity index (χ2n) is 5.64. The highest BCUT2D eigenvalue weighted by Crippen LogP contribution is 2.24. The molecule has 9 nitrogen and oxygen atoms in total. The minimum Gasteiger partial charge on any atom is -0.494 e. The molecule has 0 fully saturated rings. The van der Waals surface area contributed by atoms with Gasteiger partial charge in [-0.3, -0.25) is 9.59 Å². The molecule has 0 aliphatic rings. The Kier molecular flexibility index (Phi) is 6.95. The van der Waals surface area contributed by atoms with Crippen molar-refractivity contribution in [2.45, 2.75) is 18.9 Å². The molecule has 9 heteroatoms. The van der Waals surface area contributed by atoms with Gasteiger partial charge in [0.15, 0.2) is 5.76 Å². The number of hydrogen-bond acceptors (Lipinski definition) is 6. The summed E-state index contributed by atoms with van der Waals surface area (Å²) in [6.07, 6.45) is 0.0118. The Bertz CT molecular complexity index is 798. The molecular formula is C18H20N2O7. The first-order valence-corrected chi connectivity index (χ1v) is 8.19. The van der Waals surface area contributed by atoms with E-state index in [4.69, 9.17) is 25.1 Å². The summed E-state index contributed by atoms with van der Waals surface area (Å²) in [4.78, 5) is 33.8. The molecule has 2 rings (SSSR count). The Labute approximate surface area is 154 Å². The summed E-state index contributed by atoms with van der Waals surface area (Å²) in [5, 5.41) is 19.8. The van der Waals surface area contributed by atoms with Gasteiger partial charge in [-0.25, -0.2) is 4.79 Å². The van der Waals surface area contributed by atoms with Crippen LogP contribution in [0.5, 0.6) is 5.75 Å². The average molecular weight is 376 g/mol. The van der Waals surface area contributed by atoms with Crippen molar-refractivity contribution in [3.63, 3.8) is 0 Å². The highest BCUT2D eigenvalue weighted by atomic mass is 16.5. The summed E-state index contributed by atoms with van der Waals surface area (Å²) in [6, 6.07) is 8.41. The van der Waals surface area contributed by atoms with E-state index in [1.54, 1.807) is 30.3 Å². The van der Waals surface area contributed by atoms with Crippen LogP contribution in [0.15, 0.2) is 40.8 Å². The summed E-state index contributed by atoms with van der Waals surface area (Å²) >= 11 is 0. The molecule has 0 aliphatic heterocycles. The molecule has 0 bridgehead atoms. The molecule has 144 valence electrons. The molecule has 0 radical (unpaired) electrons. The smallest absolute Gasteiger partial charge is 0.326 e. The molecule has 0 unspecified atom stereocenters. The number of nitrogens with one attached hydrogen (secondary N) is 1. The van der Waals surface area contributed by atoms with Gasteiger partial charge in [0.25, 0.3) is 5.91 Å². The van der Waals surface area contributed by atoms with Crippen molar-refractivity contribution in [1.82, 2.24) is 5.32 Å². The number of hydrogen-bond donors (Lipinski definition) is 4. The second-order valence-corrected chi connectivity index (χ2v) is 5.64. The molecule has 2 aromatic rings. The maximum Gasteiger partial charge on any atom is 0.326 e. The summed E-state index contributed by atoms with van der Waals surface area (Å²) < 4.78 is 10.9. The fourth-order valence-corrected chi connectivity index (χ4v) is 2.21. The van der Waals surface area contributed by atoms with Gasteiger partial charge in [0.1, 0.15) is 17.6 Å². The molecule has 1 amide bonds. The molecule has 27 heavy (non-hydrogen) atoms. The molecule has 1 aromatic heterocycles. The maximum atomic E-state index is 12.1. The number of carbonyl (C=O) groups excluding carboxylic acids is 1.